The number of carbonyl (C=O) groups is 1. The van der Waals surface area contributed by atoms with Crippen LogP contribution >= 0.6 is 23.2 Å². The lowest BCUT2D eigenvalue weighted by molar-refractivity contribution is 0.0630. The van der Waals surface area contributed by atoms with Crippen molar-refractivity contribution >= 4 is 29.1 Å². The second-order valence-electron chi connectivity index (χ2n) is 4.38. The third kappa shape index (κ3) is 2.79. The Morgan fingerprint density at radius 2 is 2.22 bits per heavy atom. The highest BCUT2D eigenvalue weighted by Gasteiger charge is 2.29. The molecular formula is C13H15Cl2NO2. The van der Waals surface area contributed by atoms with Crippen molar-refractivity contribution in [2.24, 2.45) is 0 Å². The van der Waals surface area contributed by atoms with Gasteiger partial charge in [-0.2, -0.15) is 0 Å². The fourth-order valence-electron chi connectivity index (χ4n) is 2.26. The molecule has 0 bridgehead atoms. The van der Waals surface area contributed by atoms with Crippen LogP contribution in [0.5, 0.6) is 0 Å². The van der Waals surface area contributed by atoms with Crippen molar-refractivity contribution in [3.63, 3.8) is 0 Å². The lowest BCUT2D eigenvalue weighted by atomic mass is 10.1. The van der Waals surface area contributed by atoms with Gasteiger partial charge >= 0.3 is 0 Å². The minimum atomic E-state index is -0.00637. The number of rotatable bonds is 3. The average Bonchev–Trinajstić information content (AvgIpc) is 2.80. The predicted molar refractivity (Wildman–Crippen MR) is 72.4 cm³/mol. The van der Waals surface area contributed by atoms with E-state index in [-0.39, 0.29) is 11.9 Å². The summed E-state index contributed by atoms with van der Waals surface area (Å²) in [6.45, 7) is 1.35. The van der Waals surface area contributed by atoms with E-state index in [0.717, 1.165) is 19.4 Å². The van der Waals surface area contributed by atoms with Gasteiger partial charge in [-0.1, -0.05) is 23.2 Å². The summed E-state index contributed by atoms with van der Waals surface area (Å²) >= 11 is 11.8. The predicted octanol–water partition coefficient (Wildman–Crippen LogP) is 3.24. The van der Waals surface area contributed by atoms with Crippen molar-refractivity contribution < 1.29 is 9.53 Å². The first kappa shape index (κ1) is 13.7. The topological polar surface area (TPSA) is 29.5 Å². The second-order valence-corrected chi connectivity index (χ2v) is 5.19. The zero-order valence-electron chi connectivity index (χ0n) is 10.2. The molecule has 1 aromatic carbocycles. The molecule has 0 aromatic heterocycles. The van der Waals surface area contributed by atoms with E-state index in [2.05, 4.69) is 0 Å². The van der Waals surface area contributed by atoms with Gasteiger partial charge in [0.2, 0.25) is 0 Å². The number of carbonyl (C=O) groups excluding carboxylic acids is 1. The van der Waals surface area contributed by atoms with Gasteiger partial charge in [0, 0.05) is 19.2 Å². The average molecular weight is 288 g/mol. The Labute approximate surface area is 117 Å². The number of hydrogen-bond acceptors (Lipinski definition) is 2. The molecule has 1 aliphatic rings. The highest BCUT2D eigenvalue weighted by atomic mass is 35.5. The van der Waals surface area contributed by atoms with Crippen molar-refractivity contribution in [1.29, 1.82) is 0 Å². The SMILES string of the molecule is COCC1CCCN1C(=O)c1ccc(Cl)c(Cl)c1. The quantitative estimate of drug-likeness (QED) is 0.854. The minimum Gasteiger partial charge on any atom is -0.383 e. The first-order valence-electron chi connectivity index (χ1n) is 5.88. The van der Waals surface area contributed by atoms with Crippen molar-refractivity contribution in [3.8, 4) is 0 Å². The summed E-state index contributed by atoms with van der Waals surface area (Å²) in [6.07, 6.45) is 2.00. The van der Waals surface area contributed by atoms with Gasteiger partial charge in [-0.25, -0.2) is 0 Å². The first-order valence-corrected chi connectivity index (χ1v) is 6.64. The van der Waals surface area contributed by atoms with Crippen LogP contribution in [0.1, 0.15) is 23.2 Å². The van der Waals surface area contributed by atoms with Crippen LogP contribution < -0.4 is 0 Å². The molecule has 0 saturated carbocycles. The van der Waals surface area contributed by atoms with Gasteiger partial charge in [-0.3, -0.25) is 4.79 Å². The summed E-state index contributed by atoms with van der Waals surface area (Å²) in [6, 6.07) is 5.14. The summed E-state index contributed by atoms with van der Waals surface area (Å²) in [5, 5.41) is 0.869. The summed E-state index contributed by atoms with van der Waals surface area (Å²) in [4.78, 5) is 14.2. The lowest BCUT2D eigenvalue weighted by Gasteiger charge is -2.24. The van der Waals surface area contributed by atoms with Gasteiger partial charge in [0.1, 0.15) is 0 Å². The highest BCUT2D eigenvalue weighted by Crippen LogP contribution is 2.25. The van der Waals surface area contributed by atoms with Gasteiger partial charge in [-0.15, -0.1) is 0 Å². The van der Waals surface area contributed by atoms with Crippen molar-refractivity contribution in [1.82, 2.24) is 4.90 Å². The number of amides is 1. The molecule has 1 fully saturated rings. The molecule has 1 aliphatic heterocycles. The van der Waals surface area contributed by atoms with E-state index in [0.29, 0.717) is 22.2 Å². The Morgan fingerprint density at radius 1 is 1.44 bits per heavy atom. The van der Waals surface area contributed by atoms with Gasteiger partial charge in [0.05, 0.1) is 22.7 Å². The summed E-state index contributed by atoms with van der Waals surface area (Å²) in [5.41, 5.74) is 0.576. The molecule has 98 valence electrons. The van der Waals surface area contributed by atoms with Crippen molar-refractivity contribution in [3.05, 3.63) is 33.8 Å². The number of benzene rings is 1. The number of likely N-dealkylation sites (tertiary alicyclic amines) is 1. The molecule has 1 saturated heterocycles. The molecule has 0 spiro atoms. The molecule has 1 heterocycles. The second kappa shape index (κ2) is 5.91. The molecule has 3 nitrogen and oxygen atoms in total. The fraction of sp³-hybridized carbons (Fsp3) is 0.462. The number of ether oxygens (including phenoxy) is 1. The van der Waals surface area contributed by atoms with Crippen LogP contribution in [0.3, 0.4) is 0 Å². The molecule has 1 atom stereocenters. The molecule has 1 amide bonds. The highest BCUT2D eigenvalue weighted by molar-refractivity contribution is 6.42. The molecule has 2 rings (SSSR count). The van der Waals surface area contributed by atoms with Crippen LogP contribution in [0.2, 0.25) is 10.0 Å². The molecular weight excluding hydrogens is 273 g/mol. The van der Waals surface area contributed by atoms with Crippen molar-refractivity contribution in [2.45, 2.75) is 18.9 Å². The normalized spacial score (nSPS) is 19.3. The van der Waals surface area contributed by atoms with E-state index in [4.69, 9.17) is 27.9 Å². The maximum atomic E-state index is 12.4. The third-order valence-electron chi connectivity index (χ3n) is 3.16. The van der Waals surface area contributed by atoms with Crippen LogP contribution in [0.25, 0.3) is 0 Å². The largest absolute Gasteiger partial charge is 0.383 e. The van der Waals surface area contributed by atoms with E-state index < -0.39 is 0 Å². The van der Waals surface area contributed by atoms with Gasteiger partial charge in [0.25, 0.3) is 5.91 Å². The standard InChI is InChI=1S/C13H15Cl2NO2/c1-18-8-10-3-2-6-16(10)13(17)9-4-5-11(14)12(15)7-9/h4-5,7,10H,2-3,6,8H2,1H3. The summed E-state index contributed by atoms with van der Waals surface area (Å²) in [7, 11) is 1.65. The fourth-order valence-corrected chi connectivity index (χ4v) is 2.56. The minimum absolute atomic E-state index is 0.00637. The van der Waals surface area contributed by atoms with Crippen molar-refractivity contribution in [2.75, 3.05) is 20.3 Å². The summed E-state index contributed by atoms with van der Waals surface area (Å²) < 4.78 is 5.14. The number of nitrogens with zero attached hydrogens (tertiary/aromatic N) is 1. The number of halogens is 2. The van der Waals surface area contributed by atoms with E-state index >= 15 is 0 Å². The molecule has 0 N–H and O–H groups in total. The van der Waals surface area contributed by atoms with E-state index in [1.54, 1.807) is 25.3 Å². The van der Waals surface area contributed by atoms with E-state index in [1.807, 2.05) is 4.90 Å². The Balaban J connectivity index is 2.17. The lowest BCUT2D eigenvalue weighted by Crippen LogP contribution is -2.38. The molecule has 5 heteroatoms. The van der Waals surface area contributed by atoms with Gasteiger partial charge in [-0.05, 0) is 31.0 Å². The Hall–Kier alpha value is -0.770. The van der Waals surface area contributed by atoms with Crippen LogP contribution in [0, 0.1) is 0 Å². The molecule has 18 heavy (non-hydrogen) atoms. The maximum absolute atomic E-state index is 12.4. The zero-order valence-corrected chi connectivity index (χ0v) is 11.7. The van der Waals surface area contributed by atoms with E-state index in [1.165, 1.54) is 0 Å². The molecule has 1 aromatic rings. The third-order valence-corrected chi connectivity index (χ3v) is 3.90. The van der Waals surface area contributed by atoms with Gasteiger partial charge in [0.15, 0.2) is 0 Å². The van der Waals surface area contributed by atoms with Crippen LogP contribution in [-0.2, 0) is 4.74 Å². The zero-order chi connectivity index (χ0) is 13.1. The molecule has 0 aliphatic carbocycles. The Morgan fingerprint density at radius 3 is 2.89 bits per heavy atom. The van der Waals surface area contributed by atoms with Gasteiger partial charge < -0.3 is 9.64 Å². The van der Waals surface area contributed by atoms with Crippen LogP contribution in [-0.4, -0.2) is 37.1 Å². The van der Waals surface area contributed by atoms with Crippen LogP contribution in [0.15, 0.2) is 18.2 Å². The maximum Gasteiger partial charge on any atom is 0.254 e. The molecule has 0 radical (unpaired) electrons. The Kier molecular flexibility index (Phi) is 4.49. The Bertz CT molecular complexity index is 451. The van der Waals surface area contributed by atoms with Crippen LogP contribution in [0.4, 0.5) is 0 Å². The smallest absolute Gasteiger partial charge is 0.254 e. The monoisotopic (exact) mass is 287 g/mol. The van der Waals surface area contributed by atoms with E-state index in [9.17, 15) is 4.79 Å². The first-order chi connectivity index (χ1) is 8.63. The number of methoxy groups -OCH3 is 1. The molecule has 1 unspecified atom stereocenters. The number of hydrogen-bond donors (Lipinski definition) is 0. The summed E-state index contributed by atoms with van der Waals surface area (Å²) in [5.74, 6) is -0.00637.